The Kier molecular flexibility index (Phi) is 8.66. The van der Waals surface area contributed by atoms with Crippen molar-refractivity contribution < 1.29 is 31.1 Å². The average molecular weight is 581 g/mol. The molecule has 1 amide bonds. The van der Waals surface area contributed by atoms with Crippen molar-refractivity contribution in [3.8, 4) is 5.88 Å². The molecular formula is C26H31F3N6O4S. The number of benzene rings is 1. The summed E-state index contributed by atoms with van der Waals surface area (Å²) in [4.78, 5) is 28.6. The van der Waals surface area contributed by atoms with Crippen LogP contribution >= 0.6 is 0 Å². The maximum absolute atomic E-state index is 14.4. The van der Waals surface area contributed by atoms with Crippen LogP contribution in [0.1, 0.15) is 36.5 Å². The van der Waals surface area contributed by atoms with Crippen molar-refractivity contribution in [1.29, 1.82) is 0 Å². The number of para-hydroxylation sites is 2. The first-order valence-corrected chi connectivity index (χ1v) is 14.5. The third kappa shape index (κ3) is 6.72. The van der Waals surface area contributed by atoms with Gasteiger partial charge >= 0.3 is 6.18 Å². The van der Waals surface area contributed by atoms with Crippen molar-refractivity contribution in [1.82, 2.24) is 19.9 Å². The summed E-state index contributed by atoms with van der Waals surface area (Å²) in [6, 6.07) is 9.71. The first kappa shape index (κ1) is 29.3. The number of rotatable bonds is 9. The van der Waals surface area contributed by atoms with Gasteiger partial charge in [-0.25, -0.2) is 23.4 Å². The van der Waals surface area contributed by atoms with E-state index in [-0.39, 0.29) is 48.9 Å². The van der Waals surface area contributed by atoms with Gasteiger partial charge in [0.1, 0.15) is 5.82 Å². The molecule has 40 heavy (non-hydrogen) atoms. The number of nitrogens with one attached hydrogen (secondary N) is 1. The predicted molar refractivity (Wildman–Crippen MR) is 145 cm³/mol. The van der Waals surface area contributed by atoms with E-state index in [4.69, 9.17) is 4.74 Å². The normalized spacial score (nSPS) is 15.6. The van der Waals surface area contributed by atoms with Gasteiger partial charge in [-0.2, -0.15) is 13.2 Å². The van der Waals surface area contributed by atoms with Crippen LogP contribution in [0.25, 0.3) is 11.0 Å². The second-order valence-corrected chi connectivity index (χ2v) is 11.6. The molecule has 1 atom stereocenters. The molecular weight excluding hydrogens is 549 g/mol. The summed E-state index contributed by atoms with van der Waals surface area (Å²) >= 11 is 0. The van der Waals surface area contributed by atoms with Gasteiger partial charge in [0.05, 0.1) is 22.3 Å². The molecule has 0 bridgehead atoms. The van der Waals surface area contributed by atoms with Crippen LogP contribution in [0.15, 0.2) is 42.6 Å². The average Bonchev–Trinajstić information content (AvgIpc) is 2.90. The van der Waals surface area contributed by atoms with Gasteiger partial charge in [-0.15, -0.1) is 0 Å². The van der Waals surface area contributed by atoms with E-state index in [1.54, 1.807) is 62.3 Å². The summed E-state index contributed by atoms with van der Waals surface area (Å²) in [5.74, 6) is -1.97. The Bertz CT molecular complexity index is 1460. The molecule has 1 fully saturated rings. The number of aromatic nitrogens is 3. The van der Waals surface area contributed by atoms with E-state index in [0.29, 0.717) is 23.3 Å². The van der Waals surface area contributed by atoms with Crippen molar-refractivity contribution in [2.45, 2.75) is 38.5 Å². The molecule has 1 saturated heterocycles. The quantitative estimate of drug-likeness (QED) is 0.402. The minimum absolute atomic E-state index is 0.0915. The van der Waals surface area contributed by atoms with E-state index in [9.17, 15) is 26.4 Å². The van der Waals surface area contributed by atoms with Crippen molar-refractivity contribution in [3.63, 3.8) is 0 Å². The second kappa shape index (κ2) is 11.8. The Morgan fingerprint density at radius 2 is 1.77 bits per heavy atom. The number of hydrogen-bond donors (Lipinski definition) is 1. The lowest BCUT2D eigenvalue weighted by Crippen LogP contribution is -2.47. The number of carbonyl (C=O) groups is 1. The van der Waals surface area contributed by atoms with Crippen LogP contribution in [-0.2, 0) is 10.0 Å². The zero-order valence-corrected chi connectivity index (χ0v) is 23.2. The highest BCUT2D eigenvalue weighted by molar-refractivity contribution is 7.92. The van der Waals surface area contributed by atoms with Gasteiger partial charge in [-0.1, -0.05) is 19.1 Å². The van der Waals surface area contributed by atoms with Crippen molar-refractivity contribution in [2.75, 3.05) is 42.6 Å². The van der Waals surface area contributed by atoms with E-state index in [2.05, 4.69) is 19.7 Å². The number of pyridine rings is 1. The van der Waals surface area contributed by atoms with E-state index in [1.807, 2.05) is 0 Å². The Morgan fingerprint density at radius 3 is 2.38 bits per heavy atom. The number of amides is 1. The summed E-state index contributed by atoms with van der Waals surface area (Å²) < 4.78 is 75.8. The van der Waals surface area contributed by atoms with E-state index in [0.717, 1.165) is 0 Å². The monoisotopic (exact) mass is 580 g/mol. The summed E-state index contributed by atoms with van der Waals surface area (Å²) in [6.45, 7) is 2.09. The van der Waals surface area contributed by atoms with Gasteiger partial charge < -0.3 is 14.5 Å². The summed E-state index contributed by atoms with van der Waals surface area (Å²) in [6.07, 6.45) is -5.01. The third-order valence-corrected chi connectivity index (χ3v) is 7.97. The summed E-state index contributed by atoms with van der Waals surface area (Å²) in [5.41, 5.74) is 0.935. The predicted octanol–water partition coefficient (Wildman–Crippen LogP) is 4.10. The lowest BCUT2D eigenvalue weighted by molar-refractivity contribution is -0.212. The fourth-order valence-corrected chi connectivity index (χ4v) is 5.69. The molecule has 0 spiro atoms. The fraction of sp³-hybridized carbons (Fsp3) is 0.462. The minimum atomic E-state index is -4.77. The molecule has 1 aliphatic rings. The number of anilines is 2. The lowest BCUT2D eigenvalue weighted by Gasteiger charge is -2.37. The zero-order chi connectivity index (χ0) is 29.1. The summed E-state index contributed by atoms with van der Waals surface area (Å²) in [5, 5.41) is 0. The maximum atomic E-state index is 14.4. The molecule has 1 unspecified atom stereocenters. The molecule has 1 aliphatic heterocycles. The van der Waals surface area contributed by atoms with Crippen LogP contribution in [0.2, 0.25) is 0 Å². The van der Waals surface area contributed by atoms with Gasteiger partial charge in [-0.3, -0.25) is 9.52 Å². The number of nitrogens with zero attached hydrogens (tertiary/aromatic N) is 5. The third-order valence-electron chi connectivity index (χ3n) is 6.52. The van der Waals surface area contributed by atoms with Crippen LogP contribution in [0, 0.1) is 5.92 Å². The Morgan fingerprint density at radius 1 is 1.12 bits per heavy atom. The number of sulfonamides is 1. The molecule has 0 radical (unpaired) electrons. The molecule has 2 aromatic heterocycles. The standard InChI is InChI=1S/C26H31F3N6O4S/c1-4-16-40(37,38)33-22-24(32-20-10-6-5-9-19(20)31-22)39-21(26(27,28)29)17-11-14-35(15-12-17)23-18(8-7-13-30-23)25(36)34(2)3/h5-10,13,17,21H,4,11-12,14-16H2,1-3H3,(H,31,33). The molecule has 1 aromatic carbocycles. The molecule has 216 valence electrons. The fourth-order valence-electron chi connectivity index (χ4n) is 4.62. The van der Waals surface area contributed by atoms with Crippen LogP contribution in [-0.4, -0.2) is 79.4 Å². The van der Waals surface area contributed by atoms with Crippen LogP contribution in [0.3, 0.4) is 0 Å². The van der Waals surface area contributed by atoms with Crippen molar-refractivity contribution >= 4 is 38.6 Å². The molecule has 10 nitrogen and oxygen atoms in total. The van der Waals surface area contributed by atoms with Gasteiger partial charge in [0.2, 0.25) is 15.8 Å². The number of halogens is 3. The summed E-state index contributed by atoms with van der Waals surface area (Å²) in [7, 11) is -0.658. The zero-order valence-electron chi connectivity index (χ0n) is 22.3. The smallest absolute Gasteiger partial charge is 0.425 e. The van der Waals surface area contributed by atoms with E-state index in [1.165, 1.54) is 11.1 Å². The Hall–Kier alpha value is -3.68. The maximum Gasteiger partial charge on any atom is 0.425 e. The largest absolute Gasteiger partial charge is 0.462 e. The molecule has 3 heterocycles. The van der Waals surface area contributed by atoms with E-state index < -0.39 is 34.1 Å². The number of carbonyl (C=O) groups excluding carboxylic acids is 1. The Labute approximate surface area is 230 Å². The Balaban J connectivity index is 1.60. The molecule has 0 aliphatic carbocycles. The first-order valence-electron chi connectivity index (χ1n) is 12.8. The van der Waals surface area contributed by atoms with Crippen LogP contribution in [0.4, 0.5) is 24.8 Å². The topological polar surface area (TPSA) is 118 Å². The van der Waals surface area contributed by atoms with Crippen molar-refractivity contribution in [3.05, 3.63) is 48.2 Å². The molecule has 1 N–H and O–H groups in total. The first-order chi connectivity index (χ1) is 18.9. The van der Waals surface area contributed by atoms with Crippen LogP contribution in [0.5, 0.6) is 5.88 Å². The number of hydrogen-bond acceptors (Lipinski definition) is 8. The van der Waals surface area contributed by atoms with Crippen LogP contribution < -0.4 is 14.4 Å². The number of alkyl halides is 3. The molecule has 3 aromatic rings. The lowest BCUT2D eigenvalue weighted by atomic mass is 9.90. The minimum Gasteiger partial charge on any atom is -0.462 e. The highest BCUT2D eigenvalue weighted by atomic mass is 32.2. The highest BCUT2D eigenvalue weighted by Crippen LogP contribution is 2.38. The van der Waals surface area contributed by atoms with Gasteiger partial charge in [-0.05, 0) is 43.5 Å². The van der Waals surface area contributed by atoms with Crippen molar-refractivity contribution in [2.24, 2.45) is 5.92 Å². The number of piperidine rings is 1. The number of ether oxygens (including phenoxy) is 1. The number of fused-ring (bicyclic) bond motifs is 1. The SMILES string of the molecule is CCCS(=O)(=O)Nc1nc2ccccc2nc1OC(C1CCN(c2ncccc2C(=O)N(C)C)CC1)C(F)(F)F. The molecule has 4 rings (SSSR count). The molecule has 0 saturated carbocycles. The second-order valence-electron chi connectivity index (χ2n) is 9.77. The van der Waals surface area contributed by atoms with E-state index >= 15 is 0 Å². The van der Waals surface area contributed by atoms with Gasteiger partial charge in [0.25, 0.3) is 11.8 Å². The molecule has 14 heteroatoms. The van der Waals surface area contributed by atoms with Gasteiger partial charge in [0.15, 0.2) is 6.10 Å². The highest BCUT2D eigenvalue weighted by Gasteiger charge is 2.48. The van der Waals surface area contributed by atoms with Gasteiger partial charge in [0, 0.05) is 39.3 Å².